The van der Waals surface area contributed by atoms with Crippen LogP contribution in [0, 0.1) is 13.8 Å². The fourth-order valence-electron chi connectivity index (χ4n) is 2.67. The van der Waals surface area contributed by atoms with Crippen molar-refractivity contribution in [1.29, 1.82) is 0 Å². The minimum atomic E-state index is -0.415. The maximum Gasteiger partial charge on any atom is 0.306 e. The first-order valence-electron chi connectivity index (χ1n) is 7.96. The average molecular weight is 338 g/mol. The molecule has 0 saturated carbocycles. The van der Waals surface area contributed by atoms with Crippen LogP contribution in [0.4, 0.5) is 0 Å². The van der Waals surface area contributed by atoms with Gasteiger partial charge in [0, 0.05) is 23.4 Å². The van der Waals surface area contributed by atoms with Crippen LogP contribution < -0.4 is 0 Å². The van der Waals surface area contributed by atoms with E-state index in [1.54, 1.807) is 28.8 Å². The van der Waals surface area contributed by atoms with Gasteiger partial charge in [-0.2, -0.15) is 10.1 Å². The maximum atomic E-state index is 12.0. The number of fused-ring (bicyclic) bond motifs is 1. The van der Waals surface area contributed by atoms with Gasteiger partial charge in [-0.05, 0) is 25.8 Å². The molecule has 0 fully saturated rings. The predicted molar refractivity (Wildman–Crippen MR) is 90.3 cm³/mol. The molecule has 0 N–H and O–H groups in total. The highest BCUT2D eigenvalue weighted by Crippen LogP contribution is 2.15. The molecule has 3 aromatic rings. The van der Waals surface area contributed by atoms with Gasteiger partial charge in [0.1, 0.15) is 6.33 Å². The topological polar surface area (TPSA) is 86.4 Å². The van der Waals surface area contributed by atoms with Crippen molar-refractivity contribution >= 4 is 17.5 Å². The van der Waals surface area contributed by atoms with Crippen LogP contribution in [0.15, 0.2) is 36.7 Å². The number of ether oxygens (including phenoxy) is 1. The molecule has 2 aromatic heterocycles. The van der Waals surface area contributed by atoms with E-state index in [1.165, 1.54) is 6.33 Å². The maximum absolute atomic E-state index is 12.0. The van der Waals surface area contributed by atoms with Gasteiger partial charge in [-0.25, -0.2) is 9.50 Å². The summed E-state index contributed by atoms with van der Waals surface area (Å²) in [4.78, 5) is 32.3. The van der Waals surface area contributed by atoms with E-state index in [9.17, 15) is 9.59 Å². The highest BCUT2D eigenvalue weighted by Gasteiger charge is 2.14. The molecule has 0 aliphatic rings. The molecular formula is C18H18N4O3. The van der Waals surface area contributed by atoms with Crippen molar-refractivity contribution in [2.45, 2.75) is 26.7 Å². The first-order valence-corrected chi connectivity index (χ1v) is 7.96. The second-order valence-corrected chi connectivity index (χ2v) is 5.68. The summed E-state index contributed by atoms with van der Waals surface area (Å²) >= 11 is 0. The van der Waals surface area contributed by atoms with Crippen LogP contribution in [0.2, 0.25) is 0 Å². The lowest BCUT2D eigenvalue weighted by molar-refractivity contribution is -0.142. The normalized spacial score (nSPS) is 10.8. The third-order valence-electron chi connectivity index (χ3n) is 4.03. The first-order chi connectivity index (χ1) is 12.1. The number of ketones is 1. The first kappa shape index (κ1) is 16.8. The molecule has 0 radical (unpaired) electrons. The monoisotopic (exact) mass is 338 g/mol. The summed E-state index contributed by atoms with van der Waals surface area (Å²) in [5.41, 5.74) is 3.17. The summed E-state index contributed by atoms with van der Waals surface area (Å²) < 4.78 is 6.73. The lowest BCUT2D eigenvalue weighted by Gasteiger charge is -2.10. The van der Waals surface area contributed by atoms with Crippen LogP contribution in [0.3, 0.4) is 0 Å². The third kappa shape index (κ3) is 3.71. The zero-order valence-electron chi connectivity index (χ0n) is 14.1. The number of hydrogen-bond donors (Lipinski definition) is 0. The Morgan fingerprint density at radius 2 is 1.92 bits per heavy atom. The van der Waals surface area contributed by atoms with E-state index in [0.29, 0.717) is 17.8 Å². The number of benzene rings is 1. The van der Waals surface area contributed by atoms with Crippen LogP contribution in [0.5, 0.6) is 0 Å². The molecular weight excluding hydrogens is 320 g/mol. The molecule has 2 heterocycles. The van der Waals surface area contributed by atoms with E-state index in [-0.39, 0.29) is 18.8 Å². The second kappa shape index (κ2) is 7.21. The van der Waals surface area contributed by atoms with Crippen molar-refractivity contribution in [3.8, 4) is 0 Å². The molecule has 0 amide bonds. The van der Waals surface area contributed by atoms with Gasteiger partial charge in [-0.15, -0.1) is 0 Å². The zero-order chi connectivity index (χ0) is 17.8. The number of rotatable bonds is 6. The number of carbonyl (C=O) groups excluding carboxylic acids is 2. The molecule has 0 bridgehead atoms. The number of nitrogens with zero attached hydrogens (tertiary/aromatic N) is 4. The number of Topliss-reactive ketones (excluding diaryl/α,β-unsaturated/α-hetero) is 1. The van der Waals surface area contributed by atoms with Gasteiger partial charge in [0.2, 0.25) is 0 Å². The Hall–Kier alpha value is -3.09. The van der Waals surface area contributed by atoms with Crippen molar-refractivity contribution in [2.24, 2.45) is 0 Å². The molecule has 0 saturated heterocycles. The Balaban J connectivity index is 1.58. The number of aryl methyl sites for hydroxylation is 2. The summed E-state index contributed by atoms with van der Waals surface area (Å²) in [6.45, 7) is 3.54. The third-order valence-corrected chi connectivity index (χ3v) is 4.03. The molecule has 0 aliphatic carbocycles. The molecule has 1 aromatic carbocycles. The van der Waals surface area contributed by atoms with Crippen molar-refractivity contribution in [2.75, 3.05) is 6.61 Å². The molecule has 7 nitrogen and oxygen atoms in total. The summed E-state index contributed by atoms with van der Waals surface area (Å²) in [5, 5.41) is 4.12. The van der Waals surface area contributed by atoms with E-state index in [4.69, 9.17) is 4.74 Å². The molecule has 0 atom stereocenters. The largest absolute Gasteiger partial charge is 0.457 e. The Kier molecular flexibility index (Phi) is 4.83. The van der Waals surface area contributed by atoms with Crippen LogP contribution in [0.1, 0.15) is 33.7 Å². The number of esters is 1. The van der Waals surface area contributed by atoms with Crippen LogP contribution in [-0.2, 0) is 16.0 Å². The van der Waals surface area contributed by atoms with Crippen molar-refractivity contribution in [3.05, 3.63) is 59.2 Å². The van der Waals surface area contributed by atoms with E-state index in [1.807, 2.05) is 19.9 Å². The molecule has 0 unspecified atom stereocenters. The van der Waals surface area contributed by atoms with Crippen LogP contribution in [0.25, 0.3) is 5.78 Å². The van der Waals surface area contributed by atoms with Gasteiger partial charge in [0.25, 0.3) is 5.78 Å². The lowest BCUT2D eigenvalue weighted by atomic mass is 10.1. The van der Waals surface area contributed by atoms with Gasteiger partial charge in [0.05, 0.1) is 0 Å². The van der Waals surface area contributed by atoms with E-state index in [0.717, 1.165) is 17.0 Å². The number of hydrogen-bond acceptors (Lipinski definition) is 6. The molecule has 3 rings (SSSR count). The zero-order valence-corrected chi connectivity index (χ0v) is 14.1. The van der Waals surface area contributed by atoms with Gasteiger partial charge in [-0.3, -0.25) is 9.59 Å². The quantitative estimate of drug-likeness (QED) is 0.505. The fraction of sp³-hybridized carbons (Fsp3) is 0.278. The molecule has 0 spiro atoms. The summed E-state index contributed by atoms with van der Waals surface area (Å²) in [6, 6.07) is 8.76. The second-order valence-electron chi connectivity index (χ2n) is 5.68. The molecule has 128 valence electrons. The van der Waals surface area contributed by atoms with Crippen LogP contribution >= 0.6 is 0 Å². The van der Waals surface area contributed by atoms with E-state index in [2.05, 4.69) is 15.1 Å². The predicted octanol–water partition coefficient (Wildman–Crippen LogP) is 2.10. The summed E-state index contributed by atoms with van der Waals surface area (Å²) in [5.74, 6) is -0.0939. The van der Waals surface area contributed by atoms with Gasteiger partial charge < -0.3 is 4.74 Å². The van der Waals surface area contributed by atoms with Crippen LogP contribution in [-0.4, -0.2) is 37.9 Å². The smallest absolute Gasteiger partial charge is 0.306 e. The summed E-state index contributed by atoms with van der Waals surface area (Å²) in [7, 11) is 0. The summed E-state index contributed by atoms with van der Waals surface area (Å²) in [6.07, 6.45) is 2.09. The highest BCUT2D eigenvalue weighted by molar-refractivity contribution is 5.97. The van der Waals surface area contributed by atoms with Crippen molar-refractivity contribution in [1.82, 2.24) is 19.6 Å². The minimum absolute atomic E-state index is 0.172. The molecule has 7 heteroatoms. The highest BCUT2D eigenvalue weighted by atomic mass is 16.5. The van der Waals surface area contributed by atoms with E-state index >= 15 is 0 Å². The van der Waals surface area contributed by atoms with Gasteiger partial charge >= 0.3 is 5.97 Å². The van der Waals surface area contributed by atoms with Gasteiger partial charge in [0.15, 0.2) is 12.4 Å². The molecule has 0 aliphatic heterocycles. The molecule has 25 heavy (non-hydrogen) atoms. The lowest BCUT2D eigenvalue weighted by Crippen LogP contribution is -2.15. The minimum Gasteiger partial charge on any atom is -0.457 e. The van der Waals surface area contributed by atoms with Gasteiger partial charge in [-0.1, -0.05) is 30.3 Å². The Labute approximate surface area is 144 Å². The Morgan fingerprint density at radius 3 is 2.68 bits per heavy atom. The van der Waals surface area contributed by atoms with Crippen molar-refractivity contribution in [3.63, 3.8) is 0 Å². The Bertz CT molecular complexity index is 919. The standard InChI is InChI=1S/C18H18N4O3/c1-12-15(13(2)22-18(21-12)19-11-20-22)8-9-17(24)25-10-16(23)14-6-4-3-5-7-14/h3-7,11H,8-10H2,1-2H3. The number of carbonyl (C=O) groups is 2. The van der Waals surface area contributed by atoms with Crippen molar-refractivity contribution < 1.29 is 14.3 Å². The number of aromatic nitrogens is 4. The Morgan fingerprint density at radius 1 is 1.16 bits per heavy atom. The van der Waals surface area contributed by atoms with E-state index < -0.39 is 5.97 Å². The SMILES string of the molecule is Cc1nc2ncnn2c(C)c1CCC(=O)OCC(=O)c1ccccc1. The average Bonchev–Trinajstić information content (AvgIpc) is 3.08. The fourth-order valence-corrected chi connectivity index (χ4v) is 2.67.